The average molecular weight is 430 g/mol. The van der Waals surface area contributed by atoms with Crippen molar-refractivity contribution in [3.63, 3.8) is 0 Å². The predicted octanol–water partition coefficient (Wildman–Crippen LogP) is 5.27. The molecule has 4 nitrogen and oxygen atoms in total. The lowest BCUT2D eigenvalue weighted by atomic mass is 10.2. The van der Waals surface area contributed by atoms with Gasteiger partial charge in [0.15, 0.2) is 0 Å². The largest absolute Gasteiger partial charge is 0.318 e. The number of nitrogens with one attached hydrogen (secondary N) is 1. The summed E-state index contributed by atoms with van der Waals surface area (Å²) in [5, 5.41) is 4.77. The molecule has 0 saturated heterocycles. The number of hydrogen-bond donors (Lipinski definition) is 1. The van der Waals surface area contributed by atoms with Gasteiger partial charge in [0.05, 0.1) is 12.0 Å². The van der Waals surface area contributed by atoms with E-state index in [2.05, 4.69) is 10.5 Å². The molecule has 7 heteroatoms. The van der Waals surface area contributed by atoms with E-state index in [9.17, 15) is 9.18 Å². The van der Waals surface area contributed by atoms with Crippen LogP contribution >= 0.6 is 23.4 Å². The molecule has 1 N–H and O–H groups in total. The lowest BCUT2D eigenvalue weighted by molar-refractivity contribution is -0.118. The van der Waals surface area contributed by atoms with E-state index in [4.69, 9.17) is 11.6 Å². The van der Waals surface area contributed by atoms with Crippen LogP contribution in [0.15, 0.2) is 59.7 Å². The molecule has 0 aliphatic carbocycles. The molecule has 0 atom stereocenters. The van der Waals surface area contributed by atoms with Crippen LogP contribution in [-0.4, -0.2) is 22.4 Å². The number of aryl methyl sites for hydroxylation is 1. The number of aromatic nitrogens is 1. The Kier molecular flexibility index (Phi) is 7.12. The maximum absolute atomic E-state index is 13.2. The first-order valence-electron chi connectivity index (χ1n) is 9.03. The molecule has 0 aliphatic rings. The van der Waals surface area contributed by atoms with Crippen molar-refractivity contribution in [1.29, 1.82) is 0 Å². The number of benzene rings is 2. The quantitative estimate of drug-likeness (QED) is 0.410. The molecule has 0 radical (unpaired) electrons. The van der Waals surface area contributed by atoms with E-state index in [1.807, 2.05) is 48.7 Å². The molecule has 150 valence electrons. The highest BCUT2D eigenvalue weighted by Gasteiger charge is 2.10. The molecule has 1 heterocycles. The number of amides is 1. The minimum atomic E-state index is -0.270. The third-order valence-corrected chi connectivity index (χ3v) is 5.75. The third-order valence-electron chi connectivity index (χ3n) is 4.40. The van der Waals surface area contributed by atoms with Crippen molar-refractivity contribution >= 4 is 35.5 Å². The summed E-state index contributed by atoms with van der Waals surface area (Å²) >= 11 is 7.59. The van der Waals surface area contributed by atoms with Crippen LogP contribution < -0.4 is 5.43 Å². The van der Waals surface area contributed by atoms with E-state index in [-0.39, 0.29) is 17.5 Å². The van der Waals surface area contributed by atoms with Gasteiger partial charge in [-0.1, -0.05) is 29.8 Å². The van der Waals surface area contributed by atoms with Crippen molar-refractivity contribution in [2.45, 2.75) is 19.6 Å². The van der Waals surface area contributed by atoms with Crippen LogP contribution in [0.25, 0.3) is 5.69 Å². The summed E-state index contributed by atoms with van der Waals surface area (Å²) in [4.78, 5) is 12.0. The number of rotatable bonds is 7. The number of hydrogen-bond acceptors (Lipinski definition) is 3. The van der Waals surface area contributed by atoms with E-state index in [0.29, 0.717) is 10.8 Å². The summed E-state index contributed by atoms with van der Waals surface area (Å²) < 4.78 is 15.2. The Morgan fingerprint density at radius 1 is 1.21 bits per heavy atom. The van der Waals surface area contributed by atoms with Gasteiger partial charge in [-0.3, -0.25) is 4.79 Å². The van der Waals surface area contributed by atoms with Gasteiger partial charge < -0.3 is 4.57 Å². The van der Waals surface area contributed by atoms with Crippen LogP contribution in [-0.2, 0) is 10.5 Å². The third kappa shape index (κ3) is 5.49. The van der Waals surface area contributed by atoms with Crippen molar-refractivity contribution < 1.29 is 9.18 Å². The van der Waals surface area contributed by atoms with Crippen LogP contribution in [0, 0.1) is 19.7 Å². The van der Waals surface area contributed by atoms with Gasteiger partial charge in [0.1, 0.15) is 5.82 Å². The normalized spacial score (nSPS) is 11.2. The lowest BCUT2D eigenvalue weighted by Gasteiger charge is -2.09. The first-order chi connectivity index (χ1) is 14.0. The fourth-order valence-corrected chi connectivity index (χ4v) is 4.09. The second kappa shape index (κ2) is 9.76. The van der Waals surface area contributed by atoms with Crippen molar-refractivity contribution in [3.05, 3.63) is 88.0 Å². The van der Waals surface area contributed by atoms with Gasteiger partial charge in [0.2, 0.25) is 5.91 Å². The van der Waals surface area contributed by atoms with Gasteiger partial charge in [-0.15, -0.1) is 11.8 Å². The van der Waals surface area contributed by atoms with Crippen molar-refractivity contribution in [2.24, 2.45) is 5.10 Å². The summed E-state index contributed by atoms with van der Waals surface area (Å²) in [7, 11) is 0. The minimum absolute atomic E-state index is 0.175. The first kappa shape index (κ1) is 21.1. The summed E-state index contributed by atoms with van der Waals surface area (Å²) in [5.74, 6) is 0.506. The molecule has 0 fully saturated rings. The highest BCUT2D eigenvalue weighted by molar-refractivity contribution is 7.99. The molecule has 0 bridgehead atoms. The van der Waals surface area contributed by atoms with Crippen LogP contribution in [0.5, 0.6) is 0 Å². The molecule has 0 unspecified atom stereocenters. The fourth-order valence-electron chi connectivity index (χ4n) is 2.98. The maximum atomic E-state index is 13.2. The van der Waals surface area contributed by atoms with Gasteiger partial charge in [0.25, 0.3) is 0 Å². The zero-order valence-corrected chi connectivity index (χ0v) is 17.7. The van der Waals surface area contributed by atoms with Gasteiger partial charge in [0, 0.05) is 33.4 Å². The maximum Gasteiger partial charge on any atom is 0.250 e. The Morgan fingerprint density at radius 3 is 2.66 bits per heavy atom. The summed E-state index contributed by atoms with van der Waals surface area (Å²) in [6.07, 6.45) is 1.62. The van der Waals surface area contributed by atoms with Gasteiger partial charge in [-0.25, -0.2) is 9.82 Å². The second-order valence-corrected chi connectivity index (χ2v) is 7.91. The molecule has 0 saturated carbocycles. The Balaban J connectivity index is 1.56. The van der Waals surface area contributed by atoms with E-state index < -0.39 is 0 Å². The highest BCUT2D eigenvalue weighted by atomic mass is 35.5. The number of carbonyl (C=O) groups excluding carboxylic acids is 1. The van der Waals surface area contributed by atoms with E-state index >= 15 is 0 Å². The van der Waals surface area contributed by atoms with Crippen molar-refractivity contribution in [2.75, 3.05) is 5.75 Å². The van der Waals surface area contributed by atoms with Crippen LogP contribution in [0.1, 0.15) is 22.5 Å². The SMILES string of the molecule is Cc1cc(/C=N\NC(=O)CSCc2ccccc2Cl)c(C)n1-c1ccc(F)cc1. The van der Waals surface area contributed by atoms with Crippen molar-refractivity contribution in [1.82, 2.24) is 9.99 Å². The lowest BCUT2D eigenvalue weighted by Crippen LogP contribution is -2.19. The Labute approximate surface area is 178 Å². The molecular formula is C22H21ClFN3OS. The number of thioether (sulfide) groups is 1. The van der Waals surface area contributed by atoms with Gasteiger partial charge >= 0.3 is 0 Å². The standard InChI is InChI=1S/C22H21ClFN3OS/c1-15-11-18(16(2)27(15)20-9-7-19(24)8-10-20)12-25-26-22(28)14-29-13-17-5-3-4-6-21(17)23/h3-12H,13-14H2,1-2H3,(H,26,28)/b25-12-. The Bertz CT molecular complexity index is 1030. The molecule has 29 heavy (non-hydrogen) atoms. The Morgan fingerprint density at radius 2 is 1.93 bits per heavy atom. The van der Waals surface area contributed by atoms with Gasteiger partial charge in [-0.05, 0) is 55.8 Å². The van der Waals surface area contributed by atoms with Crippen LogP contribution in [0.2, 0.25) is 5.02 Å². The molecule has 0 aliphatic heterocycles. The highest BCUT2D eigenvalue weighted by Crippen LogP contribution is 2.21. The minimum Gasteiger partial charge on any atom is -0.318 e. The van der Waals surface area contributed by atoms with Crippen LogP contribution in [0.3, 0.4) is 0 Å². The van der Waals surface area contributed by atoms with E-state index in [1.54, 1.807) is 18.3 Å². The number of halogens is 2. The summed E-state index contributed by atoms with van der Waals surface area (Å²) in [6.45, 7) is 3.93. The van der Waals surface area contributed by atoms with Gasteiger partial charge in [-0.2, -0.15) is 5.10 Å². The van der Waals surface area contributed by atoms with Crippen molar-refractivity contribution in [3.8, 4) is 5.69 Å². The predicted molar refractivity (Wildman–Crippen MR) is 119 cm³/mol. The zero-order chi connectivity index (χ0) is 20.8. The number of nitrogens with zero attached hydrogens (tertiary/aromatic N) is 2. The zero-order valence-electron chi connectivity index (χ0n) is 16.2. The van der Waals surface area contributed by atoms with E-state index in [0.717, 1.165) is 28.2 Å². The molecule has 3 rings (SSSR count). The van der Waals surface area contributed by atoms with Crippen LogP contribution in [0.4, 0.5) is 4.39 Å². The molecular weight excluding hydrogens is 409 g/mol. The molecule has 0 spiro atoms. The van der Waals surface area contributed by atoms with E-state index in [1.165, 1.54) is 23.9 Å². The number of hydrazone groups is 1. The fraction of sp³-hybridized carbons (Fsp3) is 0.182. The molecule has 2 aromatic carbocycles. The number of carbonyl (C=O) groups is 1. The smallest absolute Gasteiger partial charge is 0.250 e. The summed E-state index contributed by atoms with van der Waals surface area (Å²) in [6, 6.07) is 15.9. The summed E-state index contributed by atoms with van der Waals surface area (Å²) in [5.41, 5.74) is 7.27. The first-order valence-corrected chi connectivity index (χ1v) is 10.6. The second-order valence-electron chi connectivity index (χ2n) is 6.52. The Hall–Kier alpha value is -2.57. The molecule has 3 aromatic rings. The molecule has 1 aromatic heterocycles. The monoisotopic (exact) mass is 429 g/mol. The average Bonchev–Trinajstić information content (AvgIpc) is 2.98. The topological polar surface area (TPSA) is 46.4 Å². The molecule has 1 amide bonds.